The van der Waals surface area contributed by atoms with Gasteiger partial charge in [-0.1, -0.05) is 53.2 Å². The van der Waals surface area contributed by atoms with Crippen LogP contribution < -0.4 is 0 Å². The molecule has 1 atom stereocenters. The van der Waals surface area contributed by atoms with Gasteiger partial charge in [-0.05, 0) is 52.3 Å². The van der Waals surface area contributed by atoms with Gasteiger partial charge in [-0.2, -0.15) is 0 Å². The van der Waals surface area contributed by atoms with E-state index in [1.54, 1.807) is 0 Å². The molecule has 0 spiro atoms. The van der Waals surface area contributed by atoms with Crippen molar-refractivity contribution in [2.75, 3.05) is 0 Å². The average Bonchev–Trinajstić information content (AvgIpc) is 2.78. The molecule has 0 amide bonds. The lowest BCUT2D eigenvalue weighted by Gasteiger charge is -2.15. The molecular formula is C19H15BrO. The Morgan fingerprint density at radius 3 is 2.52 bits per heavy atom. The molecule has 4 rings (SSSR count). The Morgan fingerprint density at radius 2 is 1.76 bits per heavy atom. The van der Waals surface area contributed by atoms with Crippen LogP contribution in [-0.4, -0.2) is 5.11 Å². The van der Waals surface area contributed by atoms with E-state index in [1.807, 2.05) is 25.1 Å². The van der Waals surface area contributed by atoms with Gasteiger partial charge in [0.25, 0.3) is 0 Å². The Bertz CT molecular complexity index is 896. The number of rotatable bonds is 0. The third-order valence-corrected chi connectivity index (χ3v) is 5.16. The zero-order chi connectivity index (χ0) is 14.7. The van der Waals surface area contributed by atoms with E-state index in [1.165, 1.54) is 22.3 Å². The molecule has 0 heterocycles. The highest BCUT2D eigenvalue weighted by Gasteiger charge is 2.30. The lowest BCUT2D eigenvalue weighted by atomic mass is 9.90. The normalized spacial score (nSPS) is 16.0. The summed E-state index contributed by atoms with van der Waals surface area (Å²) >= 11 is 3.57. The molecular weight excluding hydrogens is 324 g/mol. The summed E-state index contributed by atoms with van der Waals surface area (Å²) in [5.41, 5.74) is 6.18. The molecule has 1 aliphatic carbocycles. The van der Waals surface area contributed by atoms with Crippen molar-refractivity contribution < 1.29 is 5.11 Å². The fourth-order valence-electron chi connectivity index (χ4n) is 3.68. The van der Waals surface area contributed by atoms with Gasteiger partial charge < -0.3 is 5.11 Å². The molecule has 0 aromatic heterocycles. The number of phenolic OH excluding ortho intramolecular Hbond substituents is 1. The molecule has 0 saturated heterocycles. The minimum atomic E-state index is 0.308. The fourth-order valence-corrected chi connectivity index (χ4v) is 4.06. The van der Waals surface area contributed by atoms with Gasteiger partial charge in [0.1, 0.15) is 5.75 Å². The van der Waals surface area contributed by atoms with Gasteiger partial charge in [-0.25, -0.2) is 0 Å². The highest BCUT2D eigenvalue weighted by atomic mass is 79.9. The quantitative estimate of drug-likeness (QED) is 0.553. The van der Waals surface area contributed by atoms with Crippen LogP contribution in [0.15, 0.2) is 46.9 Å². The first-order valence-corrected chi connectivity index (χ1v) is 7.93. The summed E-state index contributed by atoms with van der Waals surface area (Å²) in [7, 11) is 0. The van der Waals surface area contributed by atoms with Crippen molar-refractivity contribution in [1.29, 1.82) is 0 Å². The summed E-state index contributed by atoms with van der Waals surface area (Å²) < 4.78 is 1.10. The van der Waals surface area contributed by atoms with Gasteiger partial charge in [0, 0.05) is 15.8 Å². The van der Waals surface area contributed by atoms with Gasteiger partial charge in [0.2, 0.25) is 0 Å². The first-order chi connectivity index (χ1) is 10.1. The van der Waals surface area contributed by atoms with Crippen LogP contribution >= 0.6 is 15.9 Å². The molecule has 0 bridgehead atoms. The molecule has 1 aliphatic rings. The van der Waals surface area contributed by atoms with Crippen molar-refractivity contribution in [3.8, 4) is 16.9 Å². The van der Waals surface area contributed by atoms with E-state index in [9.17, 15) is 5.11 Å². The number of phenols is 1. The number of hydrogen-bond donors (Lipinski definition) is 1. The molecule has 104 valence electrons. The number of halogens is 1. The van der Waals surface area contributed by atoms with Crippen LogP contribution in [0.2, 0.25) is 0 Å². The van der Waals surface area contributed by atoms with E-state index in [-0.39, 0.29) is 0 Å². The summed E-state index contributed by atoms with van der Waals surface area (Å²) in [5, 5.41) is 12.6. The Labute approximate surface area is 132 Å². The predicted molar refractivity (Wildman–Crippen MR) is 91.0 cm³/mol. The van der Waals surface area contributed by atoms with Gasteiger partial charge in [-0.3, -0.25) is 0 Å². The molecule has 0 fully saturated rings. The summed E-state index contributed by atoms with van der Waals surface area (Å²) in [6.07, 6.45) is 0. The second kappa shape index (κ2) is 4.35. The van der Waals surface area contributed by atoms with Gasteiger partial charge in [0.15, 0.2) is 0 Å². The Kier molecular flexibility index (Phi) is 2.67. The van der Waals surface area contributed by atoms with Crippen molar-refractivity contribution in [1.82, 2.24) is 0 Å². The Morgan fingerprint density at radius 1 is 1.05 bits per heavy atom. The Balaban J connectivity index is 2.22. The number of aromatic hydroxyl groups is 1. The van der Waals surface area contributed by atoms with Crippen LogP contribution in [-0.2, 0) is 0 Å². The molecule has 0 aliphatic heterocycles. The fraction of sp³-hybridized carbons (Fsp3) is 0.158. The van der Waals surface area contributed by atoms with Crippen LogP contribution in [0.4, 0.5) is 0 Å². The lowest BCUT2D eigenvalue weighted by molar-refractivity contribution is 0.476. The highest BCUT2D eigenvalue weighted by molar-refractivity contribution is 9.10. The first-order valence-electron chi connectivity index (χ1n) is 7.13. The van der Waals surface area contributed by atoms with E-state index in [2.05, 4.69) is 47.1 Å². The lowest BCUT2D eigenvalue weighted by Crippen LogP contribution is -1.94. The van der Waals surface area contributed by atoms with E-state index >= 15 is 0 Å². The van der Waals surface area contributed by atoms with Crippen LogP contribution in [0.1, 0.15) is 29.5 Å². The summed E-state index contributed by atoms with van der Waals surface area (Å²) in [6.45, 7) is 4.25. The molecule has 0 saturated carbocycles. The second-order valence-electron chi connectivity index (χ2n) is 5.76. The minimum Gasteiger partial charge on any atom is -0.507 e. The van der Waals surface area contributed by atoms with Gasteiger partial charge in [-0.15, -0.1) is 0 Å². The van der Waals surface area contributed by atoms with Crippen molar-refractivity contribution in [2.45, 2.75) is 19.8 Å². The maximum Gasteiger partial charge on any atom is 0.126 e. The van der Waals surface area contributed by atoms with Crippen molar-refractivity contribution >= 4 is 26.7 Å². The molecule has 3 aromatic rings. The third-order valence-electron chi connectivity index (χ3n) is 4.66. The largest absolute Gasteiger partial charge is 0.507 e. The molecule has 1 unspecified atom stereocenters. The van der Waals surface area contributed by atoms with Crippen molar-refractivity contribution in [2.24, 2.45) is 0 Å². The number of fused-ring (bicyclic) bond motifs is 5. The van der Waals surface area contributed by atoms with Crippen molar-refractivity contribution in [3.05, 3.63) is 63.6 Å². The molecule has 1 N–H and O–H groups in total. The minimum absolute atomic E-state index is 0.308. The SMILES string of the molecule is Cc1c2c(c3ccccc3c1O)-c1ccc(Br)cc1C2C. The zero-order valence-electron chi connectivity index (χ0n) is 11.9. The molecule has 1 nitrogen and oxygen atoms in total. The Hall–Kier alpha value is -1.80. The summed E-state index contributed by atoms with van der Waals surface area (Å²) in [5.74, 6) is 0.728. The molecule has 21 heavy (non-hydrogen) atoms. The van der Waals surface area contributed by atoms with Crippen LogP contribution in [0.25, 0.3) is 21.9 Å². The summed E-state index contributed by atoms with van der Waals surface area (Å²) in [4.78, 5) is 0. The predicted octanol–water partition coefficient (Wildman–Crippen LogP) is 5.75. The average molecular weight is 339 g/mol. The number of hydrogen-bond acceptors (Lipinski definition) is 1. The topological polar surface area (TPSA) is 20.2 Å². The van der Waals surface area contributed by atoms with Gasteiger partial charge >= 0.3 is 0 Å². The molecule has 2 heteroatoms. The van der Waals surface area contributed by atoms with Crippen molar-refractivity contribution in [3.63, 3.8) is 0 Å². The zero-order valence-corrected chi connectivity index (χ0v) is 13.5. The second-order valence-corrected chi connectivity index (χ2v) is 6.68. The molecule has 3 aromatic carbocycles. The summed E-state index contributed by atoms with van der Waals surface area (Å²) in [6, 6.07) is 14.6. The van der Waals surface area contributed by atoms with E-state index in [0.29, 0.717) is 11.7 Å². The van der Waals surface area contributed by atoms with Gasteiger partial charge in [0.05, 0.1) is 0 Å². The smallest absolute Gasteiger partial charge is 0.126 e. The van der Waals surface area contributed by atoms with Crippen LogP contribution in [0.3, 0.4) is 0 Å². The van der Waals surface area contributed by atoms with Crippen LogP contribution in [0, 0.1) is 6.92 Å². The van der Waals surface area contributed by atoms with E-state index in [0.717, 1.165) is 20.8 Å². The maximum absolute atomic E-state index is 10.6. The van der Waals surface area contributed by atoms with E-state index < -0.39 is 0 Å². The maximum atomic E-state index is 10.6. The van der Waals surface area contributed by atoms with E-state index in [4.69, 9.17) is 0 Å². The first kappa shape index (κ1) is 12.9. The monoisotopic (exact) mass is 338 g/mol. The third kappa shape index (κ3) is 1.63. The van der Waals surface area contributed by atoms with Crippen LogP contribution in [0.5, 0.6) is 5.75 Å². The standard InChI is InChI=1S/C19H15BrO/c1-10-16-9-12(20)7-8-14(16)18-13-5-3-4-6-15(13)19(21)11(2)17(10)18/h3-10,21H,1-2H3. The number of benzene rings is 3. The molecule has 0 radical (unpaired) electrons. The highest BCUT2D eigenvalue weighted by Crippen LogP contribution is 2.52.